The van der Waals surface area contributed by atoms with Gasteiger partial charge in [0.05, 0.1) is 15.5 Å². The number of rotatable bonds is 4. The summed E-state index contributed by atoms with van der Waals surface area (Å²) in [5.41, 5.74) is 0.138. The number of non-ortho nitro benzene ring substituents is 1. The molecule has 3 rings (SSSR count). The van der Waals surface area contributed by atoms with Crippen molar-refractivity contribution in [3.63, 3.8) is 0 Å². The minimum Gasteiger partial charge on any atom is -0.353 e. The van der Waals surface area contributed by atoms with Gasteiger partial charge in [0.2, 0.25) is 0 Å². The minimum atomic E-state index is -4.47. The number of hydrogen-bond acceptors (Lipinski definition) is 5. The number of pyridine rings is 1. The molecule has 0 amide bonds. The van der Waals surface area contributed by atoms with E-state index < -0.39 is 16.7 Å². The number of alkyl halides is 3. The standard InChI is InChI=1S/C17H16ClF3N4O2/c18-15-9-13(17(19,20)21)10-22-16(15)24-7-5-23(6-8-24)11-12-1-3-14(4-2-12)25(26)27/h1-4,9-10H,5-8,11H2. The Morgan fingerprint density at radius 3 is 2.30 bits per heavy atom. The van der Waals surface area contributed by atoms with Crippen molar-refractivity contribution in [2.45, 2.75) is 12.7 Å². The van der Waals surface area contributed by atoms with Crippen LogP contribution in [0.5, 0.6) is 0 Å². The summed E-state index contributed by atoms with van der Waals surface area (Å²) < 4.78 is 38.1. The predicted octanol–water partition coefficient (Wildman–Crippen LogP) is 3.98. The zero-order valence-electron chi connectivity index (χ0n) is 14.1. The number of nitro benzene ring substituents is 1. The fraction of sp³-hybridized carbons (Fsp3) is 0.353. The van der Waals surface area contributed by atoms with Crippen LogP contribution in [-0.4, -0.2) is 41.0 Å². The number of aromatic nitrogens is 1. The Labute approximate surface area is 158 Å². The fourth-order valence-corrected chi connectivity index (χ4v) is 3.20. The van der Waals surface area contributed by atoms with Gasteiger partial charge in [0.25, 0.3) is 5.69 Å². The van der Waals surface area contributed by atoms with Gasteiger partial charge in [-0.3, -0.25) is 15.0 Å². The normalized spacial score (nSPS) is 15.8. The van der Waals surface area contributed by atoms with E-state index in [2.05, 4.69) is 9.88 Å². The summed E-state index contributed by atoms with van der Waals surface area (Å²) in [7, 11) is 0. The summed E-state index contributed by atoms with van der Waals surface area (Å²) in [6, 6.07) is 7.28. The molecule has 6 nitrogen and oxygen atoms in total. The number of nitrogens with zero attached hydrogens (tertiary/aromatic N) is 4. The van der Waals surface area contributed by atoms with Crippen LogP contribution >= 0.6 is 11.6 Å². The molecule has 1 aromatic carbocycles. The lowest BCUT2D eigenvalue weighted by Crippen LogP contribution is -2.46. The van der Waals surface area contributed by atoms with E-state index in [-0.39, 0.29) is 10.7 Å². The zero-order chi connectivity index (χ0) is 19.6. The van der Waals surface area contributed by atoms with Gasteiger partial charge in [-0.15, -0.1) is 0 Å². The van der Waals surface area contributed by atoms with Crippen LogP contribution in [0, 0.1) is 10.1 Å². The monoisotopic (exact) mass is 400 g/mol. The van der Waals surface area contributed by atoms with Crippen molar-refractivity contribution in [2.75, 3.05) is 31.1 Å². The molecule has 2 heterocycles. The Bertz CT molecular complexity index is 822. The van der Waals surface area contributed by atoms with E-state index in [1.807, 2.05) is 4.90 Å². The summed E-state index contributed by atoms with van der Waals surface area (Å²) >= 11 is 6.00. The summed E-state index contributed by atoms with van der Waals surface area (Å²) in [5.74, 6) is 0.347. The second-order valence-corrected chi connectivity index (χ2v) is 6.62. The van der Waals surface area contributed by atoms with Gasteiger partial charge < -0.3 is 4.90 Å². The predicted molar refractivity (Wildman–Crippen MR) is 94.8 cm³/mol. The van der Waals surface area contributed by atoms with E-state index in [9.17, 15) is 23.3 Å². The molecule has 0 aliphatic carbocycles. The van der Waals surface area contributed by atoms with Crippen LogP contribution in [0.2, 0.25) is 5.02 Å². The Morgan fingerprint density at radius 2 is 1.78 bits per heavy atom. The second-order valence-electron chi connectivity index (χ2n) is 6.21. The van der Waals surface area contributed by atoms with Gasteiger partial charge in [0.15, 0.2) is 0 Å². The lowest BCUT2D eigenvalue weighted by Gasteiger charge is -2.35. The van der Waals surface area contributed by atoms with Crippen LogP contribution in [0.4, 0.5) is 24.7 Å². The van der Waals surface area contributed by atoms with Crippen molar-refractivity contribution < 1.29 is 18.1 Å². The van der Waals surface area contributed by atoms with E-state index >= 15 is 0 Å². The number of piperazine rings is 1. The van der Waals surface area contributed by atoms with Gasteiger partial charge in [-0.1, -0.05) is 23.7 Å². The maximum Gasteiger partial charge on any atom is 0.417 e. The van der Waals surface area contributed by atoms with Crippen LogP contribution in [0.3, 0.4) is 0 Å². The molecule has 1 aromatic heterocycles. The molecule has 1 aliphatic rings. The Morgan fingerprint density at radius 1 is 1.15 bits per heavy atom. The molecule has 27 heavy (non-hydrogen) atoms. The maximum atomic E-state index is 12.7. The highest BCUT2D eigenvalue weighted by atomic mass is 35.5. The molecule has 1 fully saturated rings. The third-order valence-electron chi connectivity index (χ3n) is 4.37. The Kier molecular flexibility index (Phi) is 5.52. The summed E-state index contributed by atoms with van der Waals surface area (Å²) in [5, 5.41) is 10.7. The summed E-state index contributed by atoms with van der Waals surface area (Å²) in [6.07, 6.45) is -3.68. The zero-order valence-corrected chi connectivity index (χ0v) is 14.9. The Hall–Kier alpha value is -2.39. The smallest absolute Gasteiger partial charge is 0.353 e. The molecule has 0 radical (unpaired) electrons. The van der Waals surface area contributed by atoms with Crippen molar-refractivity contribution in [3.05, 3.63) is 62.8 Å². The van der Waals surface area contributed by atoms with Gasteiger partial charge in [-0.05, 0) is 11.6 Å². The number of hydrogen-bond donors (Lipinski definition) is 0. The molecule has 10 heteroatoms. The minimum absolute atomic E-state index is 0.0198. The molecule has 0 N–H and O–H groups in total. The Balaban J connectivity index is 1.59. The van der Waals surface area contributed by atoms with Crippen LogP contribution in [-0.2, 0) is 12.7 Å². The lowest BCUT2D eigenvalue weighted by molar-refractivity contribution is -0.384. The van der Waals surface area contributed by atoms with Gasteiger partial charge in [-0.25, -0.2) is 4.98 Å². The fourth-order valence-electron chi connectivity index (χ4n) is 2.92. The molecule has 0 atom stereocenters. The summed E-state index contributed by atoms with van der Waals surface area (Å²) in [6.45, 7) is 3.14. The average Bonchev–Trinajstić information content (AvgIpc) is 2.62. The second kappa shape index (κ2) is 7.69. The molecule has 1 saturated heterocycles. The van der Waals surface area contributed by atoms with Crippen molar-refractivity contribution >= 4 is 23.1 Å². The van der Waals surface area contributed by atoms with Crippen LogP contribution in [0.1, 0.15) is 11.1 Å². The maximum absolute atomic E-state index is 12.7. The molecule has 0 spiro atoms. The van der Waals surface area contributed by atoms with Crippen LogP contribution < -0.4 is 4.90 Å². The highest BCUT2D eigenvalue weighted by molar-refractivity contribution is 6.33. The molecule has 0 saturated carbocycles. The SMILES string of the molecule is O=[N+]([O-])c1ccc(CN2CCN(c3ncc(C(F)(F)F)cc3Cl)CC2)cc1. The number of nitro groups is 1. The van der Waals surface area contributed by atoms with Gasteiger partial charge in [0.1, 0.15) is 5.82 Å². The largest absolute Gasteiger partial charge is 0.417 e. The van der Waals surface area contributed by atoms with Crippen molar-refractivity contribution in [2.24, 2.45) is 0 Å². The number of halogens is 4. The topological polar surface area (TPSA) is 62.5 Å². The van der Waals surface area contributed by atoms with Crippen LogP contribution in [0.25, 0.3) is 0 Å². The summed E-state index contributed by atoms with van der Waals surface area (Å²) in [4.78, 5) is 18.2. The third-order valence-corrected chi connectivity index (χ3v) is 4.65. The van der Waals surface area contributed by atoms with Gasteiger partial charge in [0, 0.05) is 51.1 Å². The molecule has 0 bridgehead atoms. The molecule has 0 unspecified atom stereocenters. The van der Waals surface area contributed by atoms with Gasteiger partial charge >= 0.3 is 6.18 Å². The first kappa shape index (κ1) is 19.4. The lowest BCUT2D eigenvalue weighted by atomic mass is 10.2. The highest BCUT2D eigenvalue weighted by Gasteiger charge is 2.32. The first-order chi connectivity index (χ1) is 12.7. The van der Waals surface area contributed by atoms with Gasteiger partial charge in [-0.2, -0.15) is 13.2 Å². The van der Waals surface area contributed by atoms with Crippen LogP contribution in [0.15, 0.2) is 36.5 Å². The van der Waals surface area contributed by atoms with E-state index in [0.29, 0.717) is 38.5 Å². The van der Waals surface area contributed by atoms with Crippen molar-refractivity contribution in [3.8, 4) is 0 Å². The molecular formula is C17H16ClF3N4O2. The van der Waals surface area contributed by atoms with Crippen molar-refractivity contribution in [1.82, 2.24) is 9.88 Å². The number of benzene rings is 1. The van der Waals surface area contributed by atoms with E-state index in [0.717, 1.165) is 17.8 Å². The average molecular weight is 401 g/mol. The highest BCUT2D eigenvalue weighted by Crippen LogP contribution is 2.33. The van der Waals surface area contributed by atoms with E-state index in [1.165, 1.54) is 12.1 Å². The molecule has 1 aliphatic heterocycles. The molecule has 144 valence electrons. The van der Waals surface area contributed by atoms with Crippen molar-refractivity contribution in [1.29, 1.82) is 0 Å². The van der Waals surface area contributed by atoms with E-state index in [4.69, 9.17) is 11.6 Å². The van der Waals surface area contributed by atoms with E-state index in [1.54, 1.807) is 12.1 Å². The first-order valence-corrected chi connectivity index (χ1v) is 8.55. The number of anilines is 1. The first-order valence-electron chi connectivity index (χ1n) is 8.17. The molecular weight excluding hydrogens is 385 g/mol. The molecule has 2 aromatic rings. The third kappa shape index (κ3) is 4.67. The quantitative estimate of drug-likeness (QED) is 0.573.